The Kier molecular flexibility index (Phi) is 3.76. The van der Waals surface area contributed by atoms with E-state index in [-0.39, 0.29) is 5.63 Å². The second-order valence-electron chi connectivity index (χ2n) is 6.82. The van der Waals surface area contributed by atoms with Crippen LogP contribution in [0.4, 0.5) is 11.4 Å². The van der Waals surface area contributed by atoms with Gasteiger partial charge in [-0.15, -0.1) is 0 Å². The second kappa shape index (κ2) is 6.43. The monoisotopic (exact) mass is 366 g/mol. The van der Waals surface area contributed by atoms with Gasteiger partial charge in [0.15, 0.2) is 0 Å². The molecule has 0 aliphatic carbocycles. The van der Waals surface area contributed by atoms with Crippen LogP contribution in [0.5, 0.6) is 0 Å². The van der Waals surface area contributed by atoms with E-state index in [1.165, 1.54) is 0 Å². The fourth-order valence-electron chi connectivity index (χ4n) is 3.61. The van der Waals surface area contributed by atoms with Crippen LogP contribution in [0.2, 0.25) is 0 Å². The molecule has 0 unspecified atom stereocenters. The van der Waals surface area contributed by atoms with Gasteiger partial charge in [0.1, 0.15) is 11.0 Å². The molecule has 0 aliphatic rings. The third-order valence-electron chi connectivity index (χ3n) is 5.03. The number of benzene rings is 3. The first kappa shape index (κ1) is 16.4. The number of aryl methyl sites for hydroxylation is 1. The quantitative estimate of drug-likeness (QED) is 0.385. The minimum Gasteiger partial charge on any atom is -0.422 e. The molecule has 0 radical (unpaired) electrons. The third kappa shape index (κ3) is 2.58. The third-order valence-corrected chi connectivity index (χ3v) is 5.03. The summed E-state index contributed by atoms with van der Waals surface area (Å²) in [5, 5.41) is 4.89. The normalized spacial score (nSPS) is 11.2. The summed E-state index contributed by atoms with van der Waals surface area (Å²) in [6.07, 6.45) is 0. The number of hydrogen-bond donors (Lipinski definition) is 2. The van der Waals surface area contributed by atoms with E-state index in [9.17, 15) is 4.79 Å². The largest absolute Gasteiger partial charge is 0.422 e. The maximum atomic E-state index is 12.9. The van der Waals surface area contributed by atoms with Crippen LogP contribution in [0.1, 0.15) is 5.56 Å². The molecule has 0 atom stereocenters. The SMILES string of the molecule is Cc1ccccc1Nc1c(-c2ccccc2)[nH]c2c1c(=O)oc1ccccc12. The molecular formula is C24H18N2O2. The van der Waals surface area contributed by atoms with Crippen molar-refractivity contribution < 1.29 is 4.42 Å². The highest BCUT2D eigenvalue weighted by atomic mass is 16.4. The summed E-state index contributed by atoms with van der Waals surface area (Å²) in [7, 11) is 0. The predicted molar refractivity (Wildman–Crippen MR) is 114 cm³/mol. The average molecular weight is 366 g/mol. The molecule has 28 heavy (non-hydrogen) atoms. The van der Waals surface area contributed by atoms with E-state index in [1.54, 1.807) is 0 Å². The van der Waals surface area contributed by atoms with Gasteiger partial charge in [0.2, 0.25) is 0 Å². The van der Waals surface area contributed by atoms with Gasteiger partial charge in [-0.1, -0.05) is 60.7 Å². The number of rotatable bonds is 3. The van der Waals surface area contributed by atoms with Gasteiger partial charge in [0, 0.05) is 16.6 Å². The molecule has 0 spiro atoms. The Morgan fingerprint density at radius 1 is 0.857 bits per heavy atom. The van der Waals surface area contributed by atoms with E-state index in [2.05, 4.69) is 10.3 Å². The topological polar surface area (TPSA) is 58.0 Å². The van der Waals surface area contributed by atoms with Crippen molar-refractivity contribution in [2.45, 2.75) is 6.92 Å². The van der Waals surface area contributed by atoms with Crippen LogP contribution in [0.25, 0.3) is 33.1 Å². The lowest BCUT2D eigenvalue weighted by molar-refractivity contribution is 0.570. The molecule has 3 aromatic carbocycles. The zero-order valence-corrected chi connectivity index (χ0v) is 15.3. The number of H-pyrrole nitrogens is 1. The van der Waals surface area contributed by atoms with Gasteiger partial charge in [-0.3, -0.25) is 0 Å². The number of hydrogen-bond acceptors (Lipinski definition) is 3. The van der Waals surface area contributed by atoms with Crippen molar-refractivity contribution in [3.63, 3.8) is 0 Å². The second-order valence-corrected chi connectivity index (χ2v) is 6.82. The van der Waals surface area contributed by atoms with Gasteiger partial charge in [0.25, 0.3) is 0 Å². The molecule has 0 saturated heterocycles. The van der Waals surface area contributed by atoms with Crippen molar-refractivity contribution in [1.29, 1.82) is 0 Å². The molecule has 4 nitrogen and oxygen atoms in total. The number of aromatic nitrogens is 1. The van der Waals surface area contributed by atoms with Crippen LogP contribution in [0.15, 0.2) is 88.1 Å². The van der Waals surface area contributed by atoms with Gasteiger partial charge < -0.3 is 14.7 Å². The molecule has 0 amide bonds. The lowest BCUT2D eigenvalue weighted by Gasteiger charge is -2.11. The smallest absolute Gasteiger partial charge is 0.347 e. The minimum atomic E-state index is -0.358. The molecule has 2 heterocycles. The molecule has 5 aromatic rings. The number of anilines is 2. The number of nitrogens with one attached hydrogen (secondary N) is 2. The summed E-state index contributed by atoms with van der Waals surface area (Å²) in [6, 6.07) is 25.6. The Morgan fingerprint density at radius 3 is 2.39 bits per heavy atom. The van der Waals surface area contributed by atoms with Crippen LogP contribution in [-0.2, 0) is 0 Å². The van der Waals surface area contributed by atoms with Crippen LogP contribution >= 0.6 is 0 Å². The van der Waals surface area contributed by atoms with Crippen LogP contribution in [0, 0.1) is 6.92 Å². The fourth-order valence-corrected chi connectivity index (χ4v) is 3.61. The summed E-state index contributed by atoms with van der Waals surface area (Å²) in [4.78, 5) is 16.4. The molecule has 4 heteroatoms. The summed E-state index contributed by atoms with van der Waals surface area (Å²) >= 11 is 0. The van der Waals surface area contributed by atoms with Crippen LogP contribution < -0.4 is 10.9 Å². The Morgan fingerprint density at radius 2 is 1.57 bits per heavy atom. The van der Waals surface area contributed by atoms with E-state index in [1.807, 2.05) is 85.8 Å². The number of aromatic amines is 1. The summed E-state index contributed by atoms with van der Waals surface area (Å²) in [6.45, 7) is 2.04. The maximum absolute atomic E-state index is 12.9. The van der Waals surface area contributed by atoms with Crippen molar-refractivity contribution >= 4 is 33.2 Å². The molecule has 0 saturated carbocycles. The van der Waals surface area contributed by atoms with Gasteiger partial charge in [0.05, 0.1) is 16.9 Å². The molecule has 2 N–H and O–H groups in total. The van der Waals surface area contributed by atoms with E-state index in [0.29, 0.717) is 11.0 Å². The number of fused-ring (bicyclic) bond motifs is 3. The lowest BCUT2D eigenvalue weighted by Crippen LogP contribution is -2.02. The highest BCUT2D eigenvalue weighted by molar-refractivity contribution is 6.11. The Hall–Kier alpha value is -3.79. The molecule has 136 valence electrons. The zero-order valence-electron chi connectivity index (χ0n) is 15.3. The van der Waals surface area contributed by atoms with Crippen molar-refractivity contribution in [2.75, 3.05) is 5.32 Å². The summed E-state index contributed by atoms with van der Waals surface area (Å²) < 4.78 is 5.62. The fraction of sp³-hybridized carbons (Fsp3) is 0.0417. The molecule has 0 fully saturated rings. The Bertz CT molecular complexity index is 1360. The van der Waals surface area contributed by atoms with Crippen molar-refractivity contribution in [2.24, 2.45) is 0 Å². The highest BCUT2D eigenvalue weighted by Gasteiger charge is 2.20. The van der Waals surface area contributed by atoms with Gasteiger partial charge >= 0.3 is 5.63 Å². The highest BCUT2D eigenvalue weighted by Crippen LogP contribution is 2.38. The van der Waals surface area contributed by atoms with Crippen molar-refractivity contribution in [3.05, 3.63) is 94.8 Å². The van der Waals surface area contributed by atoms with E-state index in [0.717, 1.165) is 39.1 Å². The Balaban J connectivity index is 1.87. The van der Waals surface area contributed by atoms with E-state index >= 15 is 0 Å². The van der Waals surface area contributed by atoms with Crippen molar-refractivity contribution in [3.8, 4) is 11.3 Å². The predicted octanol–water partition coefficient (Wildman–Crippen LogP) is 5.99. The Labute approximate surface area is 161 Å². The minimum absolute atomic E-state index is 0.358. The summed E-state index contributed by atoms with van der Waals surface area (Å²) in [5.41, 5.74) is 5.64. The van der Waals surface area contributed by atoms with Gasteiger partial charge in [-0.25, -0.2) is 4.79 Å². The standard InChI is InChI=1S/C24H18N2O2/c1-15-9-5-7-13-18(15)25-23-20-22(26-21(23)16-10-3-2-4-11-16)17-12-6-8-14-19(17)28-24(20)27/h2-14,25-26H,1H3. The average Bonchev–Trinajstić information content (AvgIpc) is 3.11. The number of para-hydroxylation sites is 2. The van der Waals surface area contributed by atoms with Crippen LogP contribution in [-0.4, -0.2) is 4.98 Å². The lowest BCUT2D eigenvalue weighted by atomic mass is 10.1. The summed E-state index contributed by atoms with van der Waals surface area (Å²) in [5.74, 6) is 0. The molecule has 0 aliphatic heterocycles. The maximum Gasteiger partial charge on any atom is 0.347 e. The first-order valence-electron chi connectivity index (χ1n) is 9.18. The van der Waals surface area contributed by atoms with Gasteiger partial charge in [-0.2, -0.15) is 0 Å². The van der Waals surface area contributed by atoms with E-state index < -0.39 is 0 Å². The zero-order chi connectivity index (χ0) is 19.1. The van der Waals surface area contributed by atoms with Gasteiger partial charge in [-0.05, 0) is 30.7 Å². The van der Waals surface area contributed by atoms with Crippen molar-refractivity contribution in [1.82, 2.24) is 4.98 Å². The first-order chi connectivity index (χ1) is 13.7. The molecule has 0 bridgehead atoms. The first-order valence-corrected chi connectivity index (χ1v) is 9.18. The van der Waals surface area contributed by atoms with Crippen LogP contribution in [0.3, 0.4) is 0 Å². The molecule has 2 aromatic heterocycles. The molecular weight excluding hydrogens is 348 g/mol. The van der Waals surface area contributed by atoms with E-state index in [4.69, 9.17) is 4.42 Å². The molecule has 5 rings (SSSR count).